The van der Waals surface area contributed by atoms with Gasteiger partial charge in [0.05, 0.1) is 29.0 Å². The van der Waals surface area contributed by atoms with E-state index in [1.807, 2.05) is 24.3 Å². The monoisotopic (exact) mass is 495 g/mol. The molecule has 1 aromatic carbocycles. The van der Waals surface area contributed by atoms with Gasteiger partial charge in [-0.3, -0.25) is 14.6 Å². The van der Waals surface area contributed by atoms with Gasteiger partial charge in [-0.2, -0.15) is 10.4 Å². The van der Waals surface area contributed by atoms with Crippen LogP contribution in [0.25, 0.3) is 10.9 Å². The van der Waals surface area contributed by atoms with Crippen molar-refractivity contribution in [3.05, 3.63) is 47.9 Å². The molecule has 0 aliphatic carbocycles. The summed E-state index contributed by atoms with van der Waals surface area (Å²) in [5, 5.41) is 14.5. The predicted octanol–water partition coefficient (Wildman–Crippen LogP) is 1.40. The van der Waals surface area contributed by atoms with Gasteiger partial charge in [0.2, 0.25) is 10.0 Å². The Kier molecular flexibility index (Phi) is 6.23. The van der Waals surface area contributed by atoms with Crippen molar-refractivity contribution in [3.8, 4) is 6.07 Å². The van der Waals surface area contributed by atoms with Gasteiger partial charge >= 0.3 is 0 Å². The number of nitrogens with zero attached hydrogens (tertiary/aromatic N) is 6. The molecule has 2 aliphatic rings. The molecule has 0 amide bonds. The molecule has 0 radical (unpaired) electrons. The lowest BCUT2D eigenvalue weighted by molar-refractivity contribution is -0.0437. The average molecular weight is 496 g/mol. The number of aromatic nitrogens is 3. The number of pyridine rings is 1. The van der Waals surface area contributed by atoms with Crippen molar-refractivity contribution in [1.29, 1.82) is 5.26 Å². The second-order valence-corrected chi connectivity index (χ2v) is 11.1. The number of benzene rings is 1. The van der Waals surface area contributed by atoms with Crippen LogP contribution in [-0.4, -0.2) is 79.1 Å². The third-order valence-corrected chi connectivity index (χ3v) is 8.16. The molecule has 10 nitrogen and oxygen atoms in total. The van der Waals surface area contributed by atoms with E-state index in [4.69, 9.17) is 4.74 Å². The highest BCUT2D eigenvalue weighted by Crippen LogP contribution is 2.30. The van der Waals surface area contributed by atoms with E-state index in [1.165, 1.54) is 10.9 Å². The van der Waals surface area contributed by atoms with Crippen LogP contribution in [0.4, 0.5) is 5.69 Å². The van der Waals surface area contributed by atoms with Crippen molar-refractivity contribution in [2.24, 2.45) is 7.05 Å². The fourth-order valence-electron chi connectivity index (χ4n) is 5.07. The summed E-state index contributed by atoms with van der Waals surface area (Å²) in [4.78, 5) is 9.17. The zero-order valence-corrected chi connectivity index (χ0v) is 20.9. The molecule has 2 fully saturated rings. The van der Waals surface area contributed by atoms with Gasteiger partial charge in [0, 0.05) is 69.3 Å². The van der Waals surface area contributed by atoms with Crippen molar-refractivity contribution < 1.29 is 13.2 Å². The Morgan fingerprint density at radius 3 is 2.74 bits per heavy atom. The van der Waals surface area contributed by atoms with Crippen molar-refractivity contribution in [3.63, 3.8) is 0 Å². The molecule has 0 spiro atoms. The number of hydrogen-bond donors (Lipinski definition) is 1. The number of sulfonamides is 1. The molecule has 0 bridgehead atoms. The van der Waals surface area contributed by atoms with E-state index in [0.717, 1.165) is 24.2 Å². The second-order valence-electron chi connectivity index (χ2n) is 9.41. The lowest BCUT2D eigenvalue weighted by Gasteiger charge is -2.44. The number of fused-ring (bicyclic) bond motifs is 1. The molecular weight excluding hydrogens is 466 g/mol. The Balaban J connectivity index is 1.23. The minimum absolute atomic E-state index is 0.0146. The van der Waals surface area contributed by atoms with Crippen LogP contribution in [0, 0.1) is 18.3 Å². The Labute approximate surface area is 205 Å². The molecule has 2 aliphatic heterocycles. The molecule has 2 aromatic heterocycles. The lowest BCUT2D eigenvalue weighted by atomic mass is 10.1. The molecule has 1 N–H and O–H groups in total. The molecule has 35 heavy (non-hydrogen) atoms. The first-order valence-electron chi connectivity index (χ1n) is 11.7. The highest BCUT2D eigenvalue weighted by atomic mass is 32.2. The second kappa shape index (κ2) is 9.20. The van der Waals surface area contributed by atoms with E-state index in [-0.39, 0.29) is 23.1 Å². The van der Waals surface area contributed by atoms with Crippen LogP contribution in [0.5, 0.6) is 0 Å². The fourth-order valence-corrected chi connectivity index (χ4v) is 6.51. The maximum atomic E-state index is 12.7. The molecule has 2 atom stereocenters. The number of rotatable bonds is 6. The minimum atomic E-state index is -3.60. The van der Waals surface area contributed by atoms with Crippen molar-refractivity contribution in [2.45, 2.75) is 37.0 Å². The number of hydrogen-bond acceptors (Lipinski definition) is 8. The van der Waals surface area contributed by atoms with Crippen LogP contribution in [0.3, 0.4) is 0 Å². The molecule has 0 unspecified atom stereocenters. The number of likely N-dealkylation sites (tertiary alicyclic amines) is 1. The van der Waals surface area contributed by atoms with Gasteiger partial charge in [0.25, 0.3) is 0 Å². The molecule has 4 heterocycles. The van der Waals surface area contributed by atoms with E-state index >= 15 is 0 Å². The Morgan fingerprint density at radius 1 is 1.23 bits per heavy atom. The summed E-state index contributed by atoms with van der Waals surface area (Å²) in [7, 11) is -1.88. The van der Waals surface area contributed by atoms with Gasteiger partial charge in [-0.15, -0.1) is 0 Å². The molecule has 3 aromatic rings. The maximum absolute atomic E-state index is 12.7. The summed E-state index contributed by atoms with van der Waals surface area (Å²) in [6.45, 7) is 7.21. The van der Waals surface area contributed by atoms with Crippen molar-refractivity contribution in [1.82, 2.24) is 24.4 Å². The third-order valence-electron chi connectivity index (χ3n) is 6.53. The Bertz CT molecular complexity index is 1390. The van der Waals surface area contributed by atoms with E-state index in [1.54, 1.807) is 20.2 Å². The quantitative estimate of drug-likeness (QED) is 0.546. The summed E-state index contributed by atoms with van der Waals surface area (Å²) >= 11 is 0. The van der Waals surface area contributed by atoms with Gasteiger partial charge in [0.15, 0.2) is 0 Å². The summed E-state index contributed by atoms with van der Waals surface area (Å²) < 4.78 is 36.0. The van der Waals surface area contributed by atoms with Crippen molar-refractivity contribution in [2.75, 3.05) is 37.6 Å². The van der Waals surface area contributed by atoms with Gasteiger partial charge < -0.3 is 9.64 Å². The zero-order valence-electron chi connectivity index (χ0n) is 20.0. The molecular formula is C24H29N7O3S. The lowest BCUT2D eigenvalue weighted by Crippen LogP contribution is -2.62. The highest BCUT2D eigenvalue weighted by molar-refractivity contribution is 7.89. The van der Waals surface area contributed by atoms with E-state index < -0.39 is 10.0 Å². The van der Waals surface area contributed by atoms with Crippen LogP contribution in [0.15, 0.2) is 41.6 Å². The van der Waals surface area contributed by atoms with Crippen LogP contribution < -0.4 is 9.62 Å². The predicted molar refractivity (Wildman–Crippen MR) is 132 cm³/mol. The normalized spacial score (nSPS) is 21.7. The van der Waals surface area contributed by atoms with E-state index in [2.05, 4.69) is 37.6 Å². The smallest absolute Gasteiger partial charge is 0.244 e. The van der Waals surface area contributed by atoms with E-state index in [0.29, 0.717) is 36.4 Å². The van der Waals surface area contributed by atoms with Crippen LogP contribution in [-0.2, 0) is 21.8 Å². The first-order valence-corrected chi connectivity index (χ1v) is 13.1. The zero-order chi connectivity index (χ0) is 24.7. The molecule has 184 valence electrons. The summed E-state index contributed by atoms with van der Waals surface area (Å²) in [5.41, 5.74) is 2.82. The first kappa shape index (κ1) is 23.7. The first-order chi connectivity index (χ1) is 16.7. The summed E-state index contributed by atoms with van der Waals surface area (Å²) in [6, 6.07) is 9.81. The minimum Gasteiger partial charge on any atom is -0.370 e. The SMILES string of the molecule is Cc1nn(C)cc1S(=O)(=O)NC1CN(C[C@H]2CN(c3ccc(C#N)c4ncccc34)C[C@@H](C)O2)C1. The number of anilines is 1. The largest absolute Gasteiger partial charge is 0.370 e. The Hall–Kier alpha value is -3.04. The summed E-state index contributed by atoms with van der Waals surface area (Å²) in [6.07, 6.45) is 3.27. The molecule has 11 heteroatoms. The summed E-state index contributed by atoms with van der Waals surface area (Å²) in [5.74, 6) is 0. The number of ether oxygens (including phenoxy) is 1. The topological polar surface area (TPSA) is 116 Å². The van der Waals surface area contributed by atoms with Gasteiger partial charge in [-0.05, 0) is 38.1 Å². The number of aryl methyl sites for hydroxylation is 2. The maximum Gasteiger partial charge on any atom is 0.244 e. The van der Waals surface area contributed by atoms with Crippen LogP contribution >= 0.6 is 0 Å². The number of nitriles is 1. The molecule has 0 saturated carbocycles. The standard InChI is InChI=1S/C24H29N7O3S/c1-16-10-31(22-7-6-18(9-25)24-21(22)5-4-8-26-24)14-20(34-16)13-30-11-19(12-30)28-35(32,33)23-15-29(3)27-17(23)2/h4-8,15-16,19-20,28H,10-14H2,1-3H3/t16-,20+/m1/s1. The van der Waals surface area contributed by atoms with Gasteiger partial charge in [0.1, 0.15) is 11.0 Å². The number of morpholine rings is 1. The van der Waals surface area contributed by atoms with Crippen molar-refractivity contribution >= 4 is 26.6 Å². The van der Waals surface area contributed by atoms with Gasteiger partial charge in [-0.1, -0.05) is 0 Å². The Morgan fingerprint density at radius 2 is 2.03 bits per heavy atom. The highest BCUT2D eigenvalue weighted by Gasteiger charge is 2.35. The fraction of sp³-hybridized carbons (Fsp3) is 0.458. The van der Waals surface area contributed by atoms with Crippen LogP contribution in [0.1, 0.15) is 18.2 Å². The van der Waals surface area contributed by atoms with Crippen LogP contribution in [0.2, 0.25) is 0 Å². The van der Waals surface area contributed by atoms with Gasteiger partial charge in [-0.25, -0.2) is 13.1 Å². The third kappa shape index (κ3) is 4.75. The molecule has 2 saturated heterocycles. The number of nitrogens with one attached hydrogen (secondary N) is 1. The molecule has 5 rings (SSSR count). The average Bonchev–Trinajstić information content (AvgIpc) is 3.15. The van der Waals surface area contributed by atoms with E-state index in [9.17, 15) is 13.7 Å².